The van der Waals surface area contributed by atoms with Gasteiger partial charge in [0.1, 0.15) is 11.6 Å². The minimum absolute atomic E-state index is 0.138. The molecule has 2 heterocycles. The standard InChI is InChI=1S/C22H21F3N4O2/c1-13-3-5-17(22(23,24)25)16(9-13)21(30)29-8-7-14(12-29)27-20-11-26-18-6-4-15(31-2)10-19(18)28-20/h3-6,9-11,14H,7-8,12H2,1-2H3,(H,27,28). The highest BCUT2D eigenvalue weighted by molar-refractivity contribution is 5.96. The molecule has 0 saturated carbocycles. The molecule has 1 unspecified atom stereocenters. The van der Waals surface area contributed by atoms with Gasteiger partial charge in [0.25, 0.3) is 5.91 Å². The number of aryl methyl sites for hydroxylation is 1. The number of alkyl halides is 3. The van der Waals surface area contributed by atoms with Crippen LogP contribution in [0, 0.1) is 6.92 Å². The second kappa shape index (κ2) is 8.05. The monoisotopic (exact) mass is 430 g/mol. The molecule has 0 spiro atoms. The fourth-order valence-corrected chi connectivity index (χ4v) is 3.71. The lowest BCUT2D eigenvalue weighted by Gasteiger charge is -2.20. The van der Waals surface area contributed by atoms with E-state index in [1.165, 1.54) is 17.0 Å². The van der Waals surface area contributed by atoms with Crippen molar-refractivity contribution in [2.24, 2.45) is 0 Å². The Morgan fingerprint density at radius 1 is 1.19 bits per heavy atom. The van der Waals surface area contributed by atoms with E-state index in [9.17, 15) is 18.0 Å². The van der Waals surface area contributed by atoms with Crippen LogP contribution >= 0.6 is 0 Å². The van der Waals surface area contributed by atoms with Crippen molar-refractivity contribution in [1.29, 1.82) is 0 Å². The number of ether oxygens (including phenoxy) is 1. The molecule has 9 heteroatoms. The molecule has 1 aromatic heterocycles. The summed E-state index contributed by atoms with van der Waals surface area (Å²) in [5.74, 6) is 0.580. The van der Waals surface area contributed by atoms with Crippen LogP contribution in [0.15, 0.2) is 42.6 Å². The molecule has 1 amide bonds. The van der Waals surface area contributed by atoms with Crippen LogP contribution < -0.4 is 10.1 Å². The maximum Gasteiger partial charge on any atom is 0.417 e. The zero-order valence-electron chi connectivity index (χ0n) is 17.0. The number of amides is 1. The summed E-state index contributed by atoms with van der Waals surface area (Å²) < 4.78 is 45.3. The molecule has 0 radical (unpaired) electrons. The molecule has 1 saturated heterocycles. The third-order valence-corrected chi connectivity index (χ3v) is 5.29. The van der Waals surface area contributed by atoms with Crippen LogP contribution in [-0.2, 0) is 6.18 Å². The molecule has 31 heavy (non-hydrogen) atoms. The number of carbonyl (C=O) groups excluding carboxylic acids is 1. The summed E-state index contributed by atoms with van der Waals surface area (Å²) in [7, 11) is 1.57. The Balaban J connectivity index is 1.49. The summed E-state index contributed by atoms with van der Waals surface area (Å²) in [4.78, 5) is 23.2. The summed E-state index contributed by atoms with van der Waals surface area (Å²) in [5.41, 5.74) is 0.755. The molecule has 1 N–H and O–H groups in total. The van der Waals surface area contributed by atoms with E-state index < -0.39 is 17.6 Å². The predicted octanol–water partition coefficient (Wildman–Crippen LogP) is 4.29. The van der Waals surface area contributed by atoms with Crippen molar-refractivity contribution >= 4 is 22.8 Å². The van der Waals surface area contributed by atoms with Crippen molar-refractivity contribution in [1.82, 2.24) is 14.9 Å². The first kappa shape index (κ1) is 20.9. The van der Waals surface area contributed by atoms with Crippen LogP contribution in [-0.4, -0.2) is 47.0 Å². The van der Waals surface area contributed by atoms with Gasteiger partial charge in [0, 0.05) is 25.2 Å². The Labute approximate surface area is 177 Å². The SMILES string of the molecule is COc1ccc2ncc(NC3CCN(C(=O)c4cc(C)ccc4C(F)(F)F)C3)nc2c1. The van der Waals surface area contributed by atoms with Crippen LogP contribution in [0.3, 0.4) is 0 Å². The fourth-order valence-electron chi connectivity index (χ4n) is 3.71. The van der Waals surface area contributed by atoms with Gasteiger partial charge in [-0.1, -0.05) is 11.6 Å². The minimum Gasteiger partial charge on any atom is -0.497 e. The van der Waals surface area contributed by atoms with Crippen molar-refractivity contribution in [3.63, 3.8) is 0 Å². The number of methoxy groups -OCH3 is 1. The van der Waals surface area contributed by atoms with E-state index in [4.69, 9.17) is 4.74 Å². The number of carbonyl (C=O) groups is 1. The third-order valence-electron chi connectivity index (χ3n) is 5.29. The summed E-state index contributed by atoms with van der Waals surface area (Å²) in [6, 6.07) is 8.86. The van der Waals surface area contributed by atoms with E-state index in [2.05, 4.69) is 15.3 Å². The number of nitrogens with one attached hydrogen (secondary N) is 1. The van der Waals surface area contributed by atoms with Gasteiger partial charge in [-0.25, -0.2) is 4.98 Å². The molecule has 2 aromatic carbocycles. The molecule has 162 valence electrons. The Morgan fingerprint density at radius 2 is 2.00 bits per heavy atom. The number of hydrogen-bond donors (Lipinski definition) is 1. The number of rotatable bonds is 4. The minimum atomic E-state index is -4.59. The van der Waals surface area contributed by atoms with Gasteiger partial charge < -0.3 is 15.0 Å². The molecular formula is C22H21F3N4O2. The molecule has 0 aliphatic carbocycles. The number of halogens is 3. The topological polar surface area (TPSA) is 67.3 Å². The van der Waals surface area contributed by atoms with Gasteiger partial charge in [-0.05, 0) is 37.6 Å². The number of anilines is 1. The van der Waals surface area contributed by atoms with Gasteiger partial charge in [0.2, 0.25) is 0 Å². The zero-order chi connectivity index (χ0) is 22.2. The lowest BCUT2D eigenvalue weighted by molar-refractivity contribution is -0.138. The molecule has 1 aliphatic rings. The number of benzene rings is 2. The summed E-state index contributed by atoms with van der Waals surface area (Å²) in [6.45, 7) is 2.30. The van der Waals surface area contributed by atoms with E-state index >= 15 is 0 Å². The Morgan fingerprint density at radius 3 is 2.74 bits per heavy atom. The molecule has 0 bridgehead atoms. The van der Waals surface area contributed by atoms with E-state index in [1.54, 1.807) is 38.4 Å². The van der Waals surface area contributed by atoms with Gasteiger partial charge in [-0.2, -0.15) is 13.2 Å². The fraction of sp³-hybridized carbons (Fsp3) is 0.318. The molecule has 1 fully saturated rings. The van der Waals surface area contributed by atoms with Crippen molar-refractivity contribution in [2.75, 3.05) is 25.5 Å². The van der Waals surface area contributed by atoms with Crippen molar-refractivity contribution in [2.45, 2.75) is 25.6 Å². The summed E-state index contributed by atoms with van der Waals surface area (Å²) in [5, 5.41) is 3.23. The Kier molecular flexibility index (Phi) is 5.43. The van der Waals surface area contributed by atoms with Gasteiger partial charge in [0.05, 0.1) is 35.5 Å². The number of nitrogens with zero attached hydrogens (tertiary/aromatic N) is 3. The molecule has 1 aliphatic heterocycles. The van der Waals surface area contributed by atoms with Crippen LogP contribution in [0.1, 0.15) is 27.9 Å². The first-order valence-corrected chi connectivity index (χ1v) is 9.79. The quantitative estimate of drug-likeness (QED) is 0.669. The van der Waals surface area contributed by atoms with E-state index in [0.29, 0.717) is 41.1 Å². The highest BCUT2D eigenvalue weighted by atomic mass is 19.4. The Bertz CT molecular complexity index is 1130. The van der Waals surface area contributed by atoms with Crippen LogP contribution in [0.25, 0.3) is 11.0 Å². The molecule has 4 rings (SSSR count). The van der Waals surface area contributed by atoms with Crippen molar-refractivity contribution in [3.05, 3.63) is 59.3 Å². The van der Waals surface area contributed by atoms with E-state index in [0.717, 1.165) is 6.07 Å². The van der Waals surface area contributed by atoms with Crippen LogP contribution in [0.4, 0.5) is 19.0 Å². The van der Waals surface area contributed by atoms with Crippen LogP contribution in [0.5, 0.6) is 5.75 Å². The largest absolute Gasteiger partial charge is 0.497 e. The predicted molar refractivity (Wildman–Crippen MR) is 110 cm³/mol. The maximum absolute atomic E-state index is 13.4. The first-order chi connectivity index (χ1) is 14.7. The summed E-state index contributed by atoms with van der Waals surface area (Å²) >= 11 is 0. The molecule has 3 aromatic rings. The first-order valence-electron chi connectivity index (χ1n) is 9.79. The second-order valence-corrected chi connectivity index (χ2v) is 7.54. The lowest BCUT2D eigenvalue weighted by Crippen LogP contribution is -2.33. The number of fused-ring (bicyclic) bond motifs is 1. The zero-order valence-corrected chi connectivity index (χ0v) is 17.0. The third kappa shape index (κ3) is 4.40. The van der Waals surface area contributed by atoms with Crippen molar-refractivity contribution in [3.8, 4) is 5.75 Å². The second-order valence-electron chi connectivity index (χ2n) is 7.54. The number of likely N-dealkylation sites (tertiary alicyclic amines) is 1. The van der Waals surface area contributed by atoms with Crippen molar-refractivity contribution < 1.29 is 22.7 Å². The van der Waals surface area contributed by atoms with Gasteiger partial charge in [0.15, 0.2) is 0 Å². The molecular weight excluding hydrogens is 409 g/mol. The average molecular weight is 430 g/mol. The molecule has 1 atom stereocenters. The molecule has 6 nitrogen and oxygen atoms in total. The highest BCUT2D eigenvalue weighted by Gasteiger charge is 2.37. The number of aromatic nitrogens is 2. The van der Waals surface area contributed by atoms with Crippen LogP contribution in [0.2, 0.25) is 0 Å². The lowest BCUT2D eigenvalue weighted by atomic mass is 10.0. The van der Waals surface area contributed by atoms with E-state index in [1.807, 2.05) is 0 Å². The maximum atomic E-state index is 13.4. The Hall–Kier alpha value is -3.36. The number of hydrogen-bond acceptors (Lipinski definition) is 5. The highest BCUT2D eigenvalue weighted by Crippen LogP contribution is 2.33. The smallest absolute Gasteiger partial charge is 0.417 e. The summed E-state index contributed by atoms with van der Waals surface area (Å²) in [6.07, 6.45) is -2.39. The van der Waals surface area contributed by atoms with E-state index in [-0.39, 0.29) is 18.2 Å². The van der Waals surface area contributed by atoms with Gasteiger partial charge >= 0.3 is 6.18 Å². The van der Waals surface area contributed by atoms with Gasteiger partial charge in [-0.15, -0.1) is 0 Å². The van der Waals surface area contributed by atoms with Gasteiger partial charge in [-0.3, -0.25) is 9.78 Å². The normalized spacial score (nSPS) is 16.5. The average Bonchev–Trinajstić information content (AvgIpc) is 3.20.